The molecule has 0 aliphatic rings. The highest BCUT2D eigenvalue weighted by atomic mass is 32.2. The van der Waals surface area contributed by atoms with Gasteiger partial charge in [0.1, 0.15) is 0 Å². The van der Waals surface area contributed by atoms with Crippen LogP contribution in [0.5, 0.6) is 0 Å². The first-order chi connectivity index (χ1) is 11.5. The van der Waals surface area contributed by atoms with Gasteiger partial charge in [-0.15, -0.1) is 0 Å². The van der Waals surface area contributed by atoms with E-state index in [9.17, 15) is 18.3 Å². The number of rotatable bonds is 7. The number of aliphatic hydroxyl groups excluding tert-OH is 1. The van der Waals surface area contributed by atoms with Crippen LogP contribution in [0.2, 0.25) is 0 Å². The van der Waals surface area contributed by atoms with E-state index >= 15 is 0 Å². The van der Waals surface area contributed by atoms with E-state index in [0.717, 1.165) is 5.56 Å². The molecule has 0 aromatic heterocycles. The van der Waals surface area contributed by atoms with Crippen LogP contribution in [0.25, 0.3) is 0 Å². The van der Waals surface area contributed by atoms with Crippen molar-refractivity contribution in [1.29, 1.82) is 0 Å². The van der Waals surface area contributed by atoms with Crippen LogP contribution in [0, 0.1) is 0 Å². The lowest BCUT2D eigenvalue weighted by Crippen LogP contribution is -2.29. The van der Waals surface area contributed by atoms with Gasteiger partial charge in [-0.2, -0.15) is 0 Å². The fourth-order valence-electron chi connectivity index (χ4n) is 2.36. The minimum absolute atomic E-state index is 0.0388. The second kappa shape index (κ2) is 8.08. The molecule has 5 nitrogen and oxygen atoms in total. The van der Waals surface area contributed by atoms with Gasteiger partial charge in [-0.25, -0.2) is 8.42 Å². The fraction of sp³-hybridized carbons (Fsp3) is 0.278. The number of benzene rings is 2. The SMILES string of the molecule is CCS(=O)(=O)c1ccc([C@H](CCO)NC(=O)c2ccccc2)cc1. The molecule has 0 aliphatic heterocycles. The third kappa shape index (κ3) is 4.43. The molecule has 2 aromatic rings. The molecule has 128 valence electrons. The van der Waals surface area contributed by atoms with Crippen molar-refractivity contribution in [2.24, 2.45) is 0 Å². The van der Waals surface area contributed by atoms with E-state index in [-0.39, 0.29) is 29.2 Å². The molecule has 0 saturated carbocycles. The van der Waals surface area contributed by atoms with Crippen LogP contribution in [0.15, 0.2) is 59.5 Å². The van der Waals surface area contributed by atoms with Crippen LogP contribution >= 0.6 is 0 Å². The van der Waals surface area contributed by atoms with E-state index in [1.165, 1.54) is 12.1 Å². The summed E-state index contributed by atoms with van der Waals surface area (Å²) in [5.74, 6) is -0.198. The Hall–Kier alpha value is -2.18. The summed E-state index contributed by atoms with van der Waals surface area (Å²) in [6.45, 7) is 1.51. The van der Waals surface area contributed by atoms with Crippen molar-refractivity contribution >= 4 is 15.7 Å². The van der Waals surface area contributed by atoms with Gasteiger partial charge in [0.25, 0.3) is 5.91 Å². The molecule has 2 rings (SSSR count). The monoisotopic (exact) mass is 347 g/mol. The molecular weight excluding hydrogens is 326 g/mol. The molecule has 0 heterocycles. The van der Waals surface area contributed by atoms with Gasteiger partial charge >= 0.3 is 0 Å². The standard InChI is InChI=1S/C18H21NO4S/c1-2-24(22,23)16-10-8-14(9-11-16)17(12-13-20)19-18(21)15-6-4-3-5-7-15/h3-11,17,20H,2,12-13H2,1H3,(H,19,21)/t17-/m0/s1. The minimum Gasteiger partial charge on any atom is -0.396 e. The van der Waals surface area contributed by atoms with Crippen LogP contribution in [-0.2, 0) is 9.84 Å². The van der Waals surface area contributed by atoms with Crippen molar-refractivity contribution in [2.45, 2.75) is 24.3 Å². The molecule has 0 aliphatic carbocycles. The molecule has 1 atom stereocenters. The molecule has 6 heteroatoms. The van der Waals surface area contributed by atoms with Crippen molar-refractivity contribution in [3.8, 4) is 0 Å². The highest BCUT2D eigenvalue weighted by Gasteiger charge is 2.17. The summed E-state index contributed by atoms with van der Waals surface area (Å²) in [5.41, 5.74) is 1.29. The third-order valence-electron chi connectivity index (χ3n) is 3.78. The van der Waals surface area contributed by atoms with Crippen molar-refractivity contribution in [1.82, 2.24) is 5.32 Å². The van der Waals surface area contributed by atoms with Gasteiger partial charge in [0.15, 0.2) is 9.84 Å². The molecule has 2 aromatic carbocycles. The lowest BCUT2D eigenvalue weighted by Gasteiger charge is -2.19. The van der Waals surface area contributed by atoms with E-state index < -0.39 is 9.84 Å². The molecule has 2 N–H and O–H groups in total. The number of amides is 1. The normalized spacial score (nSPS) is 12.6. The van der Waals surface area contributed by atoms with Crippen LogP contribution in [0.4, 0.5) is 0 Å². The summed E-state index contributed by atoms with van der Waals surface area (Å²) in [4.78, 5) is 12.5. The summed E-state index contributed by atoms with van der Waals surface area (Å²) < 4.78 is 23.7. The van der Waals surface area contributed by atoms with Crippen molar-refractivity contribution in [2.75, 3.05) is 12.4 Å². The third-order valence-corrected chi connectivity index (χ3v) is 5.53. The van der Waals surface area contributed by atoms with Gasteiger partial charge in [-0.3, -0.25) is 4.79 Å². The molecule has 0 fully saturated rings. The van der Waals surface area contributed by atoms with E-state index in [4.69, 9.17) is 0 Å². The number of carbonyl (C=O) groups is 1. The number of carbonyl (C=O) groups excluding carboxylic acids is 1. The van der Waals surface area contributed by atoms with Gasteiger partial charge in [-0.05, 0) is 36.2 Å². The van der Waals surface area contributed by atoms with Gasteiger partial charge in [0, 0.05) is 12.2 Å². The minimum atomic E-state index is -3.26. The molecule has 0 bridgehead atoms. The molecule has 0 radical (unpaired) electrons. The predicted octanol–water partition coefficient (Wildman–Crippen LogP) is 2.33. The average molecular weight is 347 g/mol. The first kappa shape index (κ1) is 18.2. The van der Waals surface area contributed by atoms with E-state index in [2.05, 4.69) is 5.32 Å². The van der Waals surface area contributed by atoms with Gasteiger partial charge in [-0.1, -0.05) is 37.3 Å². The second-order valence-corrected chi connectivity index (χ2v) is 7.66. The maximum absolute atomic E-state index is 12.3. The Kier molecular flexibility index (Phi) is 6.11. The van der Waals surface area contributed by atoms with Crippen molar-refractivity contribution in [3.05, 3.63) is 65.7 Å². The first-order valence-electron chi connectivity index (χ1n) is 7.77. The quantitative estimate of drug-likeness (QED) is 0.805. The van der Waals surface area contributed by atoms with Gasteiger partial charge in [0.05, 0.1) is 16.7 Å². The number of aliphatic hydroxyl groups is 1. The zero-order chi connectivity index (χ0) is 17.6. The number of nitrogens with one attached hydrogen (secondary N) is 1. The first-order valence-corrected chi connectivity index (χ1v) is 9.42. The Labute approximate surface area is 142 Å². The van der Waals surface area contributed by atoms with Crippen LogP contribution in [0.1, 0.15) is 35.3 Å². The smallest absolute Gasteiger partial charge is 0.251 e. The van der Waals surface area contributed by atoms with Crippen LogP contribution in [-0.4, -0.2) is 31.8 Å². The lowest BCUT2D eigenvalue weighted by atomic mass is 10.0. The molecular formula is C18H21NO4S. The summed E-state index contributed by atoms with van der Waals surface area (Å²) in [7, 11) is -3.26. The van der Waals surface area contributed by atoms with Crippen molar-refractivity contribution < 1.29 is 18.3 Å². The van der Waals surface area contributed by atoms with Crippen molar-refractivity contribution in [3.63, 3.8) is 0 Å². The summed E-state index contributed by atoms with van der Waals surface area (Å²) >= 11 is 0. The molecule has 24 heavy (non-hydrogen) atoms. The Balaban J connectivity index is 2.20. The molecule has 1 amide bonds. The maximum atomic E-state index is 12.3. The lowest BCUT2D eigenvalue weighted by molar-refractivity contribution is 0.0930. The van der Waals surface area contributed by atoms with E-state index in [1.807, 2.05) is 6.07 Å². The Morgan fingerprint density at radius 2 is 1.71 bits per heavy atom. The maximum Gasteiger partial charge on any atom is 0.251 e. The largest absolute Gasteiger partial charge is 0.396 e. The summed E-state index contributed by atoms with van der Waals surface area (Å²) in [6, 6.07) is 14.8. The number of hydrogen-bond acceptors (Lipinski definition) is 4. The second-order valence-electron chi connectivity index (χ2n) is 5.38. The molecule has 0 unspecified atom stereocenters. The average Bonchev–Trinajstić information content (AvgIpc) is 2.62. The highest BCUT2D eigenvalue weighted by molar-refractivity contribution is 7.91. The van der Waals surface area contributed by atoms with Gasteiger partial charge in [0.2, 0.25) is 0 Å². The fourth-order valence-corrected chi connectivity index (χ4v) is 3.24. The molecule has 0 spiro atoms. The number of hydrogen-bond donors (Lipinski definition) is 2. The van der Waals surface area contributed by atoms with Gasteiger partial charge < -0.3 is 10.4 Å². The van der Waals surface area contributed by atoms with E-state index in [0.29, 0.717) is 12.0 Å². The Morgan fingerprint density at radius 3 is 2.25 bits per heavy atom. The number of sulfone groups is 1. The summed E-state index contributed by atoms with van der Waals surface area (Å²) in [6.07, 6.45) is 0.346. The topological polar surface area (TPSA) is 83.5 Å². The van der Waals surface area contributed by atoms with Crippen LogP contribution in [0.3, 0.4) is 0 Å². The van der Waals surface area contributed by atoms with Crippen LogP contribution < -0.4 is 5.32 Å². The Bertz CT molecular complexity index is 770. The van der Waals surface area contributed by atoms with E-state index in [1.54, 1.807) is 43.3 Å². The summed E-state index contributed by atoms with van der Waals surface area (Å²) in [5, 5.41) is 12.1. The highest BCUT2D eigenvalue weighted by Crippen LogP contribution is 2.20. The zero-order valence-corrected chi connectivity index (χ0v) is 14.3. The molecule has 0 saturated heterocycles. The predicted molar refractivity (Wildman–Crippen MR) is 92.5 cm³/mol. The Morgan fingerprint density at radius 1 is 1.08 bits per heavy atom. The zero-order valence-electron chi connectivity index (χ0n) is 13.5.